The third-order valence-corrected chi connectivity index (χ3v) is 12.2. The van der Waals surface area contributed by atoms with Crippen LogP contribution in [0.25, 0.3) is 12.2 Å². The van der Waals surface area contributed by atoms with E-state index in [1.54, 1.807) is 22.3 Å². The predicted octanol–water partition coefficient (Wildman–Crippen LogP) is 1.58. The zero-order chi connectivity index (χ0) is 17.9. The van der Waals surface area contributed by atoms with E-state index in [1.165, 1.54) is 9.75 Å². The van der Waals surface area contributed by atoms with Crippen LogP contribution in [0.15, 0.2) is 34.0 Å². The van der Waals surface area contributed by atoms with Crippen molar-refractivity contribution in [3.05, 3.63) is 54.9 Å². The molecule has 0 N–H and O–H groups in total. The monoisotopic (exact) mass is 544 g/mol. The molecule has 0 spiro atoms. The van der Waals surface area contributed by atoms with Crippen molar-refractivity contribution in [1.29, 1.82) is 0 Å². The molecule has 2 unspecified atom stereocenters. The topological polar surface area (TPSA) is 0 Å². The van der Waals surface area contributed by atoms with Crippen LogP contribution in [-0.4, -0.2) is 8.07 Å². The van der Waals surface area contributed by atoms with E-state index in [0.717, 1.165) is 0 Å². The van der Waals surface area contributed by atoms with E-state index in [4.69, 9.17) is 0 Å². The molecular weight excluding hydrogens is 519 g/mol. The van der Waals surface area contributed by atoms with Crippen molar-refractivity contribution in [3.63, 3.8) is 0 Å². The van der Waals surface area contributed by atoms with Crippen LogP contribution in [0.2, 0.25) is 13.1 Å². The maximum atomic E-state index is 2.65. The average molecular weight is 547 g/mol. The Morgan fingerprint density at radius 1 is 0.750 bits per heavy atom. The van der Waals surface area contributed by atoms with Crippen LogP contribution in [-0.2, 0) is 26.2 Å². The molecule has 0 amide bonds. The van der Waals surface area contributed by atoms with Gasteiger partial charge in [-0.3, -0.25) is 0 Å². The van der Waals surface area contributed by atoms with E-state index in [9.17, 15) is 0 Å². The fraction of sp³-hybridized carbons (Fsp3) is 0.455. The molecule has 0 bridgehead atoms. The fourth-order valence-corrected chi connectivity index (χ4v) is 12.0. The number of rotatable bonds is 4. The van der Waals surface area contributed by atoms with Crippen molar-refractivity contribution in [1.82, 2.24) is 0 Å². The summed E-state index contributed by atoms with van der Waals surface area (Å²) >= 11 is 3.85. The molecule has 2 atom stereocenters. The Morgan fingerprint density at radius 3 is 1.43 bits per heavy atom. The zero-order valence-corrected chi connectivity index (χ0v) is 23.9. The summed E-state index contributed by atoms with van der Waals surface area (Å²) in [7, 11) is -1.64. The minimum Gasteiger partial charge on any atom is -1.00 e. The van der Waals surface area contributed by atoms with Crippen LogP contribution in [0.4, 0.5) is 0 Å². The van der Waals surface area contributed by atoms with Crippen molar-refractivity contribution in [2.75, 3.05) is 0 Å². The molecule has 0 saturated heterocycles. The second kappa shape index (κ2) is 9.79. The zero-order valence-electron chi connectivity index (χ0n) is 17.3. The Labute approximate surface area is 210 Å². The first kappa shape index (κ1) is 26.6. The Bertz CT molecular complexity index is 806. The molecule has 150 valence electrons. The van der Waals surface area contributed by atoms with Crippen LogP contribution < -0.4 is 24.8 Å². The van der Waals surface area contributed by atoms with Gasteiger partial charge in [-0.2, -0.15) is 0 Å². The molecule has 0 radical (unpaired) electrons. The van der Waals surface area contributed by atoms with E-state index >= 15 is 0 Å². The van der Waals surface area contributed by atoms with Crippen LogP contribution in [0.5, 0.6) is 0 Å². The van der Waals surface area contributed by atoms with E-state index < -0.39 is 8.07 Å². The van der Waals surface area contributed by atoms with E-state index in [-0.39, 0.29) is 51.0 Å². The number of hydrogen-bond acceptors (Lipinski definition) is 2. The maximum Gasteiger partial charge on any atom is 2.00 e. The first-order chi connectivity index (χ1) is 11.8. The molecule has 6 heteroatoms. The molecule has 0 fully saturated rings. The first-order valence-corrected chi connectivity index (χ1v) is 14.3. The minimum atomic E-state index is -1.64. The van der Waals surface area contributed by atoms with Crippen molar-refractivity contribution in [2.24, 2.45) is 11.8 Å². The minimum absolute atomic E-state index is 0. The second-order valence-electron chi connectivity index (χ2n) is 8.77. The fourth-order valence-electron chi connectivity index (χ4n) is 5.03. The summed E-state index contributed by atoms with van der Waals surface area (Å²) < 4.78 is 0. The normalized spacial score (nSPS) is 20.0. The van der Waals surface area contributed by atoms with Crippen molar-refractivity contribution < 1.29 is 51.0 Å². The molecule has 2 heterocycles. The summed E-state index contributed by atoms with van der Waals surface area (Å²) in [4.78, 5) is 3.04. The third kappa shape index (κ3) is 4.16. The van der Waals surface area contributed by atoms with Crippen LogP contribution in [0, 0.1) is 11.8 Å². The number of allylic oxidation sites excluding steroid dienone is 2. The van der Waals surface area contributed by atoms with Gasteiger partial charge in [-0.1, -0.05) is 51.9 Å². The maximum absolute atomic E-state index is 2.65. The van der Waals surface area contributed by atoms with Gasteiger partial charge in [0.1, 0.15) is 0 Å². The molecule has 2 aliphatic carbocycles. The summed E-state index contributed by atoms with van der Waals surface area (Å²) in [5.74, 6) is 1.26. The van der Waals surface area contributed by atoms with Gasteiger partial charge in [0.25, 0.3) is 0 Å². The molecule has 4 rings (SSSR count). The Kier molecular flexibility index (Phi) is 9.30. The SMILES string of the molecule is CC(C)C1=Cc2sccc2C1[Si](C)(C)C1C(C(C)C)=Cc2sccc21.[Cl-].[Cl-].[Zr+2]. The van der Waals surface area contributed by atoms with Crippen LogP contribution in [0.3, 0.4) is 0 Å². The van der Waals surface area contributed by atoms with Crippen molar-refractivity contribution in [3.8, 4) is 0 Å². The van der Waals surface area contributed by atoms with E-state index in [2.05, 4.69) is 75.8 Å². The second-order valence-corrected chi connectivity index (χ2v) is 15.5. The van der Waals surface area contributed by atoms with Gasteiger partial charge in [-0.25, -0.2) is 0 Å². The standard InChI is InChI=1S/C22H28S2Si.2ClH.Zr/c1-13(2)17-11-19-15(7-9-23-19)21(17)25(5,6)22-16-8-10-24-20(16)12-18(22)14(3)4;;;/h7-14,21-22H,1-6H3;2*1H;/q;;;+2/p-2. The number of hydrogen-bond donors (Lipinski definition) is 0. The van der Waals surface area contributed by atoms with Gasteiger partial charge in [0.2, 0.25) is 0 Å². The largest absolute Gasteiger partial charge is 2.00 e. The summed E-state index contributed by atoms with van der Waals surface area (Å²) in [5.41, 5.74) is 7.93. The third-order valence-electron chi connectivity index (χ3n) is 6.16. The van der Waals surface area contributed by atoms with Gasteiger partial charge < -0.3 is 24.8 Å². The van der Waals surface area contributed by atoms with E-state index in [1.807, 2.05) is 22.7 Å². The molecule has 0 nitrogen and oxygen atoms in total. The van der Waals surface area contributed by atoms with Crippen molar-refractivity contribution >= 4 is 42.9 Å². The molecular formula is C22H28Cl2S2SiZr. The van der Waals surface area contributed by atoms with E-state index in [0.29, 0.717) is 22.9 Å². The van der Waals surface area contributed by atoms with Crippen LogP contribution >= 0.6 is 22.7 Å². The van der Waals surface area contributed by atoms with Gasteiger partial charge in [0.05, 0.1) is 8.07 Å². The van der Waals surface area contributed by atoms with Gasteiger partial charge in [-0.15, -0.1) is 22.7 Å². The Hall–Kier alpha value is 0.560. The molecule has 28 heavy (non-hydrogen) atoms. The summed E-state index contributed by atoms with van der Waals surface area (Å²) in [5, 5.41) is 4.58. The van der Waals surface area contributed by atoms with Gasteiger partial charge >= 0.3 is 26.2 Å². The Balaban J connectivity index is 0.00000131. The van der Waals surface area contributed by atoms with Crippen LogP contribution in [0.1, 0.15) is 59.7 Å². The van der Waals surface area contributed by atoms with Gasteiger partial charge in [0.15, 0.2) is 0 Å². The molecule has 0 aromatic carbocycles. The Morgan fingerprint density at radius 2 is 1.11 bits per heavy atom. The summed E-state index contributed by atoms with van der Waals surface area (Å²) in [6.45, 7) is 14.8. The molecule has 0 saturated carbocycles. The predicted molar refractivity (Wildman–Crippen MR) is 117 cm³/mol. The van der Waals surface area contributed by atoms with Gasteiger partial charge in [-0.05, 0) is 58.0 Å². The number of fused-ring (bicyclic) bond motifs is 2. The molecule has 2 aromatic rings. The number of halogens is 2. The molecule has 2 aromatic heterocycles. The average Bonchev–Trinajstić information content (AvgIpc) is 3.24. The number of thiophene rings is 2. The van der Waals surface area contributed by atoms with Gasteiger partial charge in [0, 0.05) is 20.8 Å². The first-order valence-electron chi connectivity index (χ1n) is 9.40. The smallest absolute Gasteiger partial charge is 1.00 e. The van der Waals surface area contributed by atoms with Crippen molar-refractivity contribution in [2.45, 2.75) is 51.9 Å². The summed E-state index contributed by atoms with van der Waals surface area (Å²) in [6, 6.07) is 4.82. The molecule has 2 aliphatic rings. The quantitative estimate of drug-likeness (QED) is 0.511. The summed E-state index contributed by atoms with van der Waals surface area (Å²) in [6.07, 6.45) is 5.04. The molecule has 0 aliphatic heterocycles.